The molecular formula is C19H28BN2O7. The van der Waals surface area contributed by atoms with Gasteiger partial charge in [-0.3, -0.25) is 0 Å². The Balaban J connectivity index is 1.92. The van der Waals surface area contributed by atoms with E-state index in [4.69, 9.17) is 18.9 Å². The second kappa shape index (κ2) is 10.5. The van der Waals surface area contributed by atoms with E-state index in [1.54, 1.807) is 50.8 Å². The third-order valence-corrected chi connectivity index (χ3v) is 4.37. The third kappa shape index (κ3) is 7.28. The van der Waals surface area contributed by atoms with Gasteiger partial charge in [-0.15, -0.1) is 5.09 Å². The highest BCUT2D eigenvalue weighted by atomic mass is 16.6. The molecular weight excluding hydrogens is 379 g/mol. The lowest BCUT2D eigenvalue weighted by Crippen LogP contribution is -2.42. The molecule has 0 aromatic rings. The van der Waals surface area contributed by atoms with Gasteiger partial charge in [0, 0.05) is 6.54 Å². The van der Waals surface area contributed by atoms with E-state index in [-0.39, 0.29) is 37.4 Å². The van der Waals surface area contributed by atoms with Crippen molar-refractivity contribution in [3.8, 4) is 0 Å². The molecule has 0 aromatic heterocycles. The summed E-state index contributed by atoms with van der Waals surface area (Å²) in [5.74, 6) is -0.353. The highest BCUT2D eigenvalue weighted by Crippen LogP contribution is 2.25. The molecule has 0 N–H and O–H groups in total. The molecule has 0 spiro atoms. The van der Waals surface area contributed by atoms with Crippen LogP contribution in [-0.2, 0) is 23.7 Å². The van der Waals surface area contributed by atoms with Crippen molar-refractivity contribution in [2.75, 3.05) is 19.8 Å². The zero-order valence-corrected chi connectivity index (χ0v) is 17.3. The summed E-state index contributed by atoms with van der Waals surface area (Å²) in [6.45, 7) is 8.02. The molecule has 1 fully saturated rings. The van der Waals surface area contributed by atoms with Gasteiger partial charge in [-0.2, -0.15) is 4.91 Å². The molecule has 0 saturated carbocycles. The molecule has 1 saturated heterocycles. The molecule has 2 aliphatic rings. The van der Waals surface area contributed by atoms with Crippen molar-refractivity contribution in [1.82, 2.24) is 4.90 Å². The number of rotatable bonds is 8. The fourth-order valence-electron chi connectivity index (χ4n) is 3.11. The topological polar surface area (TPSA) is 104 Å². The van der Waals surface area contributed by atoms with Gasteiger partial charge in [-0.25, -0.2) is 9.59 Å². The van der Waals surface area contributed by atoms with E-state index in [1.807, 2.05) is 0 Å². The predicted octanol–water partition coefficient (Wildman–Crippen LogP) is 2.52. The number of hydrogen-bond donors (Lipinski definition) is 0. The fraction of sp³-hybridized carbons (Fsp3) is 0.684. The number of carbonyl (C=O) groups is 2. The van der Waals surface area contributed by atoms with Crippen LogP contribution in [0.15, 0.2) is 28.9 Å². The number of carbonyl (C=O) groups excluding carboxylic acids is 2. The molecule has 29 heavy (non-hydrogen) atoms. The van der Waals surface area contributed by atoms with Gasteiger partial charge in [0.2, 0.25) is 0 Å². The molecule has 0 aromatic carbocycles. The number of nitroso groups, excluding NO2 is 1. The Morgan fingerprint density at radius 2 is 2.10 bits per heavy atom. The molecule has 1 heterocycles. The van der Waals surface area contributed by atoms with Gasteiger partial charge in [0.25, 0.3) is 0 Å². The first kappa shape index (κ1) is 23.1. The van der Waals surface area contributed by atoms with E-state index in [9.17, 15) is 14.5 Å². The minimum Gasteiger partial charge on any atom is -0.462 e. The molecule has 0 bridgehead atoms. The summed E-state index contributed by atoms with van der Waals surface area (Å²) < 4.78 is 21.6. The van der Waals surface area contributed by atoms with Gasteiger partial charge in [-0.05, 0) is 46.6 Å². The quantitative estimate of drug-likeness (QED) is 0.346. The van der Waals surface area contributed by atoms with Crippen LogP contribution in [0.25, 0.3) is 0 Å². The number of ether oxygens (including phenoxy) is 3. The summed E-state index contributed by atoms with van der Waals surface area (Å²) in [7, 11) is 0.840. The number of hydrogen-bond acceptors (Lipinski definition) is 8. The van der Waals surface area contributed by atoms with Crippen LogP contribution in [-0.4, -0.2) is 68.2 Å². The lowest BCUT2D eigenvalue weighted by Gasteiger charge is -2.29. The van der Waals surface area contributed by atoms with E-state index in [2.05, 4.69) is 5.09 Å². The van der Waals surface area contributed by atoms with Crippen LogP contribution in [0, 0.1) is 4.91 Å². The summed E-state index contributed by atoms with van der Waals surface area (Å²) in [5, 5.41) is 2.59. The van der Waals surface area contributed by atoms with E-state index >= 15 is 0 Å². The maximum atomic E-state index is 12.5. The van der Waals surface area contributed by atoms with Gasteiger partial charge >= 0.3 is 19.7 Å². The van der Waals surface area contributed by atoms with Crippen molar-refractivity contribution in [1.29, 1.82) is 0 Å². The molecule has 10 heteroatoms. The minimum atomic E-state index is -0.627. The molecule has 9 nitrogen and oxygen atoms in total. The van der Waals surface area contributed by atoms with Gasteiger partial charge in [-0.1, -0.05) is 12.2 Å². The Kier molecular flexibility index (Phi) is 8.39. The van der Waals surface area contributed by atoms with Gasteiger partial charge in [0.1, 0.15) is 5.60 Å². The molecule has 3 atom stereocenters. The summed E-state index contributed by atoms with van der Waals surface area (Å²) >= 11 is 0. The Hall–Kier alpha value is -2.20. The Bertz CT molecular complexity index is 659. The Labute approximate surface area is 171 Å². The van der Waals surface area contributed by atoms with Crippen LogP contribution >= 0.6 is 0 Å². The monoisotopic (exact) mass is 407 g/mol. The second-order valence-corrected chi connectivity index (χ2v) is 7.84. The van der Waals surface area contributed by atoms with Crippen LogP contribution in [0.3, 0.4) is 0 Å². The first-order valence-electron chi connectivity index (χ1n) is 9.69. The molecule has 1 amide bonds. The largest absolute Gasteiger partial charge is 0.515 e. The minimum absolute atomic E-state index is 0.211. The first-order valence-corrected chi connectivity index (χ1v) is 9.69. The van der Waals surface area contributed by atoms with E-state index in [0.717, 1.165) is 7.62 Å². The van der Waals surface area contributed by atoms with E-state index < -0.39 is 11.7 Å². The Morgan fingerprint density at radius 3 is 2.69 bits per heavy atom. The summed E-state index contributed by atoms with van der Waals surface area (Å²) in [6.07, 6.45) is 5.26. The van der Waals surface area contributed by atoms with Crippen LogP contribution in [0.1, 0.15) is 40.5 Å². The Morgan fingerprint density at radius 1 is 1.34 bits per heavy atom. The molecule has 159 valence electrons. The molecule has 2 rings (SSSR count). The molecule has 1 radical (unpaired) electrons. The van der Waals surface area contributed by atoms with Crippen molar-refractivity contribution in [2.45, 2.75) is 64.4 Å². The lowest BCUT2D eigenvalue weighted by molar-refractivity contribution is -0.138. The molecule has 0 unspecified atom stereocenters. The molecule has 1 aliphatic heterocycles. The van der Waals surface area contributed by atoms with Crippen molar-refractivity contribution < 1.29 is 28.5 Å². The predicted molar refractivity (Wildman–Crippen MR) is 106 cm³/mol. The van der Waals surface area contributed by atoms with Crippen molar-refractivity contribution >= 4 is 19.7 Å². The highest BCUT2D eigenvalue weighted by molar-refractivity contribution is 6.24. The maximum absolute atomic E-state index is 12.5. The van der Waals surface area contributed by atoms with Crippen molar-refractivity contribution in [3.63, 3.8) is 0 Å². The number of likely N-dealkylation sites (tertiary alicyclic amines) is 1. The van der Waals surface area contributed by atoms with Gasteiger partial charge in [0.05, 0.1) is 37.0 Å². The lowest BCUT2D eigenvalue weighted by atomic mass is 10.1. The van der Waals surface area contributed by atoms with Crippen LogP contribution in [0.2, 0.25) is 0 Å². The maximum Gasteiger partial charge on any atom is 0.515 e. The van der Waals surface area contributed by atoms with Crippen LogP contribution in [0.4, 0.5) is 4.79 Å². The van der Waals surface area contributed by atoms with Gasteiger partial charge in [0.15, 0.2) is 0 Å². The summed E-state index contributed by atoms with van der Waals surface area (Å²) in [5.41, 5.74) is -0.119. The van der Waals surface area contributed by atoms with Crippen molar-refractivity contribution in [3.05, 3.63) is 28.7 Å². The van der Waals surface area contributed by atoms with Crippen molar-refractivity contribution in [2.24, 2.45) is 5.09 Å². The zero-order chi connectivity index (χ0) is 21.4. The summed E-state index contributed by atoms with van der Waals surface area (Å²) in [4.78, 5) is 36.1. The normalized spacial score (nSPS) is 24.1. The van der Waals surface area contributed by atoms with E-state index in [0.29, 0.717) is 25.0 Å². The second-order valence-electron chi connectivity index (χ2n) is 7.84. The molecule has 1 aliphatic carbocycles. The average Bonchev–Trinajstić information content (AvgIpc) is 3.07. The SMILES string of the molecule is CCOC(=O)C1=CC[C@H](OC[C@@H]2C[C@@H](O[B]N=O)CN2C(=O)OC(C)(C)C)C=C1. The van der Waals surface area contributed by atoms with Crippen LogP contribution in [0.5, 0.6) is 0 Å². The van der Waals surface area contributed by atoms with E-state index in [1.165, 1.54) is 0 Å². The number of nitrogens with zero attached hydrogens (tertiary/aromatic N) is 2. The summed E-state index contributed by atoms with van der Waals surface area (Å²) in [6, 6.07) is -0.265. The fourth-order valence-corrected chi connectivity index (χ4v) is 3.11. The number of amides is 1. The standard InChI is InChI=1S/C19H28BN2O7/c1-5-26-17(23)13-6-8-15(9-7-13)27-12-14-10-16(29-20-21-25)11-22(14)18(24)28-19(2,3)4/h6-8,14-16H,5,9-12H2,1-4H3/t14-,15+,16+/m0/s1. The third-order valence-electron chi connectivity index (χ3n) is 4.37. The first-order chi connectivity index (χ1) is 13.7. The highest BCUT2D eigenvalue weighted by Gasteiger charge is 2.38. The van der Waals surface area contributed by atoms with Gasteiger partial charge < -0.3 is 23.8 Å². The van der Waals surface area contributed by atoms with Crippen LogP contribution < -0.4 is 0 Å². The number of esters is 1. The zero-order valence-electron chi connectivity index (χ0n) is 17.3. The average molecular weight is 407 g/mol. The smallest absolute Gasteiger partial charge is 0.462 e.